The Bertz CT molecular complexity index is 142. The fraction of sp³-hybridized carbons (Fsp3) is 1.00. The van der Waals surface area contributed by atoms with Crippen LogP contribution in [0.4, 0.5) is 0 Å². The predicted molar refractivity (Wildman–Crippen MR) is 66.3 cm³/mol. The van der Waals surface area contributed by atoms with Gasteiger partial charge in [-0.2, -0.15) is 0 Å². The first kappa shape index (κ1) is 12.9. The third-order valence-corrected chi connectivity index (χ3v) is 3.01. The Balaban J connectivity index is 1.76. The Labute approximate surface area is 94.8 Å². The van der Waals surface area contributed by atoms with Gasteiger partial charge in [0.1, 0.15) is 0 Å². The van der Waals surface area contributed by atoms with E-state index in [0.717, 1.165) is 0 Å². The molecule has 0 saturated carbocycles. The average Bonchev–Trinajstić information content (AvgIpc) is 2.68. The van der Waals surface area contributed by atoms with Gasteiger partial charge in [0.15, 0.2) is 0 Å². The molecule has 0 aromatic carbocycles. The number of hydrogen-bond acceptors (Lipinski definition) is 3. The van der Waals surface area contributed by atoms with E-state index in [2.05, 4.69) is 29.2 Å². The summed E-state index contributed by atoms with van der Waals surface area (Å²) < 4.78 is 0. The van der Waals surface area contributed by atoms with E-state index in [9.17, 15) is 0 Å². The lowest BCUT2D eigenvalue weighted by molar-refractivity contribution is 0.334. The lowest BCUT2D eigenvalue weighted by Crippen LogP contribution is -2.30. The maximum atomic E-state index is 3.53. The minimum atomic E-state index is 1.17. The topological polar surface area (TPSA) is 18.5 Å². The van der Waals surface area contributed by atoms with Gasteiger partial charge in [0.25, 0.3) is 0 Å². The Morgan fingerprint density at radius 3 is 2.47 bits per heavy atom. The fourth-order valence-electron chi connectivity index (χ4n) is 2.05. The number of nitrogens with one attached hydrogen (secondary N) is 1. The van der Waals surface area contributed by atoms with E-state index in [1.165, 1.54) is 65.0 Å². The van der Waals surface area contributed by atoms with Crippen molar-refractivity contribution in [1.82, 2.24) is 15.1 Å². The number of hydrogen-bond donors (Lipinski definition) is 1. The second kappa shape index (κ2) is 8.08. The van der Waals surface area contributed by atoms with Crippen molar-refractivity contribution >= 4 is 0 Å². The van der Waals surface area contributed by atoms with Crippen molar-refractivity contribution < 1.29 is 0 Å². The standard InChI is InChI=1S/C12H27N3/c1-14(2)9-4-3-7-13-8-12-15-10-5-6-11-15/h13H,3-12H2,1-2H3. The Morgan fingerprint density at radius 2 is 1.80 bits per heavy atom. The van der Waals surface area contributed by atoms with Gasteiger partial charge in [-0.1, -0.05) is 0 Å². The smallest absolute Gasteiger partial charge is 0.0107 e. The van der Waals surface area contributed by atoms with Crippen molar-refractivity contribution in [2.75, 3.05) is 53.4 Å². The predicted octanol–water partition coefficient (Wildman–Crippen LogP) is 1.01. The van der Waals surface area contributed by atoms with E-state index in [0.29, 0.717) is 0 Å². The van der Waals surface area contributed by atoms with Crippen LogP contribution in [0, 0.1) is 0 Å². The number of unbranched alkanes of at least 4 members (excludes halogenated alkanes) is 1. The van der Waals surface area contributed by atoms with Crippen LogP contribution in [0.1, 0.15) is 25.7 Å². The highest BCUT2D eigenvalue weighted by atomic mass is 15.1. The zero-order valence-corrected chi connectivity index (χ0v) is 10.5. The van der Waals surface area contributed by atoms with Gasteiger partial charge in [-0.25, -0.2) is 0 Å². The average molecular weight is 213 g/mol. The maximum absolute atomic E-state index is 3.53. The van der Waals surface area contributed by atoms with Gasteiger partial charge in [-0.15, -0.1) is 0 Å². The maximum Gasteiger partial charge on any atom is 0.0107 e. The summed E-state index contributed by atoms with van der Waals surface area (Å²) in [6.45, 7) is 7.45. The second-order valence-electron chi connectivity index (χ2n) is 4.81. The highest BCUT2D eigenvalue weighted by Gasteiger charge is 2.09. The summed E-state index contributed by atoms with van der Waals surface area (Å²) in [6.07, 6.45) is 5.42. The van der Waals surface area contributed by atoms with Crippen LogP contribution in [0.25, 0.3) is 0 Å². The molecule has 15 heavy (non-hydrogen) atoms. The van der Waals surface area contributed by atoms with Gasteiger partial charge in [0, 0.05) is 13.1 Å². The molecule has 0 radical (unpaired) electrons. The highest BCUT2D eigenvalue weighted by Crippen LogP contribution is 2.05. The van der Waals surface area contributed by atoms with Crippen molar-refractivity contribution in [2.24, 2.45) is 0 Å². The van der Waals surface area contributed by atoms with Gasteiger partial charge in [-0.05, 0) is 66.0 Å². The van der Waals surface area contributed by atoms with Gasteiger partial charge in [-0.3, -0.25) is 0 Å². The first-order valence-electron chi connectivity index (χ1n) is 6.37. The van der Waals surface area contributed by atoms with Crippen LogP contribution in [0.2, 0.25) is 0 Å². The molecule has 1 fully saturated rings. The van der Waals surface area contributed by atoms with E-state index in [4.69, 9.17) is 0 Å². The van der Waals surface area contributed by atoms with Crippen molar-refractivity contribution in [1.29, 1.82) is 0 Å². The molecule has 1 heterocycles. The van der Waals surface area contributed by atoms with Crippen LogP contribution in [-0.2, 0) is 0 Å². The van der Waals surface area contributed by atoms with Gasteiger partial charge in [0.2, 0.25) is 0 Å². The molecule has 0 aromatic rings. The normalized spacial score (nSPS) is 17.8. The quantitative estimate of drug-likeness (QED) is 0.607. The lowest BCUT2D eigenvalue weighted by Gasteiger charge is -2.14. The largest absolute Gasteiger partial charge is 0.315 e. The minimum Gasteiger partial charge on any atom is -0.315 e. The van der Waals surface area contributed by atoms with Crippen LogP contribution in [0.3, 0.4) is 0 Å². The van der Waals surface area contributed by atoms with Crippen LogP contribution in [0.5, 0.6) is 0 Å². The monoisotopic (exact) mass is 213 g/mol. The van der Waals surface area contributed by atoms with E-state index >= 15 is 0 Å². The molecule has 0 atom stereocenters. The Kier molecular flexibility index (Phi) is 6.98. The zero-order chi connectivity index (χ0) is 10.9. The van der Waals surface area contributed by atoms with Crippen molar-refractivity contribution in [3.8, 4) is 0 Å². The Hall–Kier alpha value is -0.120. The molecule has 0 aromatic heterocycles. The molecule has 3 nitrogen and oxygen atoms in total. The van der Waals surface area contributed by atoms with Crippen molar-refractivity contribution in [3.05, 3.63) is 0 Å². The third kappa shape index (κ3) is 6.88. The Morgan fingerprint density at radius 1 is 1.07 bits per heavy atom. The van der Waals surface area contributed by atoms with E-state index in [1.807, 2.05) is 0 Å². The molecule has 1 saturated heterocycles. The second-order valence-corrected chi connectivity index (χ2v) is 4.81. The third-order valence-electron chi connectivity index (χ3n) is 3.01. The molecule has 1 aliphatic rings. The molecule has 0 bridgehead atoms. The molecule has 1 aliphatic heterocycles. The molecule has 0 amide bonds. The van der Waals surface area contributed by atoms with E-state index < -0.39 is 0 Å². The van der Waals surface area contributed by atoms with Gasteiger partial charge < -0.3 is 15.1 Å². The molecule has 0 spiro atoms. The number of likely N-dealkylation sites (tertiary alicyclic amines) is 1. The summed E-state index contributed by atoms with van der Waals surface area (Å²) in [5.74, 6) is 0. The van der Waals surface area contributed by atoms with E-state index in [-0.39, 0.29) is 0 Å². The molecule has 3 heteroatoms. The summed E-state index contributed by atoms with van der Waals surface area (Å²) in [7, 11) is 4.28. The molecule has 0 aliphatic carbocycles. The summed E-state index contributed by atoms with van der Waals surface area (Å²) in [5.41, 5.74) is 0. The van der Waals surface area contributed by atoms with Crippen LogP contribution in [0.15, 0.2) is 0 Å². The molecular weight excluding hydrogens is 186 g/mol. The molecule has 1 N–H and O–H groups in total. The number of rotatable bonds is 8. The molecule has 1 rings (SSSR count). The van der Waals surface area contributed by atoms with E-state index in [1.54, 1.807) is 0 Å². The van der Waals surface area contributed by atoms with Crippen LogP contribution >= 0.6 is 0 Å². The SMILES string of the molecule is CN(C)CCCCNCCN1CCCC1. The molecule has 90 valence electrons. The van der Waals surface area contributed by atoms with Crippen LogP contribution in [-0.4, -0.2) is 63.2 Å². The first-order valence-corrected chi connectivity index (χ1v) is 6.37. The summed E-state index contributed by atoms with van der Waals surface area (Å²) in [5, 5.41) is 3.53. The first-order chi connectivity index (χ1) is 7.29. The summed E-state index contributed by atoms with van der Waals surface area (Å²) >= 11 is 0. The van der Waals surface area contributed by atoms with Crippen molar-refractivity contribution in [2.45, 2.75) is 25.7 Å². The zero-order valence-electron chi connectivity index (χ0n) is 10.5. The van der Waals surface area contributed by atoms with Crippen LogP contribution < -0.4 is 5.32 Å². The highest BCUT2D eigenvalue weighted by molar-refractivity contribution is 4.66. The molecule has 0 unspecified atom stereocenters. The van der Waals surface area contributed by atoms with Crippen molar-refractivity contribution in [3.63, 3.8) is 0 Å². The summed E-state index contributed by atoms with van der Waals surface area (Å²) in [4.78, 5) is 4.82. The van der Waals surface area contributed by atoms with Gasteiger partial charge >= 0.3 is 0 Å². The number of nitrogens with zero attached hydrogens (tertiary/aromatic N) is 2. The fourth-order valence-corrected chi connectivity index (χ4v) is 2.05. The van der Waals surface area contributed by atoms with Gasteiger partial charge in [0.05, 0.1) is 0 Å². The lowest BCUT2D eigenvalue weighted by atomic mass is 10.3. The minimum absolute atomic E-state index is 1.17. The molecular formula is C12H27N3. The summed E-state index contributed by atoms with van der Waals surface area (Å²) in [6, 6.07) is 0.